The third-order valence-electron chi connectivity index (χ3n) is 4.62. The summed E-state index contributed by atoms with van der Waals surface area (Å²) in [5.74, 6) is 0.0255. The summed E-state index contributed by atoms with van der Waals surface area (Å²) in [6, 6.07) is 15.0. The van der Waals surface area contributed by atoms with Crippen molar-refractivity contribution in [2.24, 2.45) is 0 Å². The summed E-state index contributed by atoms with van der Waals surface area (Å²) in [6.07, 6.45) is 1.48. The molecule has 0 saturated heterocycles. The number of aromatic nitrogens is 3. The van der Waals surface area contributed by atoms with E-state index in [1.165, 1.54) is 24.5 Å². The van der Waals surface area contributed by atoms with Crippen LogP contribution in [0.25, 0.3) is 0 Å². The van der Waals surface area contributed by atoms with Crippen molar-refractivity contribution in [3.8, 4) is 5.75 Å². The van der Waals surface area contributed by atoms with Crippen LogP contribution < -0.4 is 10.1 Å². The second-order valence-electron chi connectivity index (χ2n) is 7.09. The van der Waals surface area contributed by atoms with Gasteiger partial charge in [-0.1, -0.05) is 35.9 Å². The summed E-state index contributed by atoms with van der Waals surface area (Å²) >= 11 is 6.16. The van der Waals surface area contributed by atoms with Gasteiger partial charge in [0.2, 0.25) is 5.95 Å². The average Bonchev–Trinajstić information content (AvgIpc) is 3.44. The maximum Gasteiger partial charge on any atom is 0.311 e. The quantitative estimate of drug-likeness (QED) is 0.296. The molecular formula is C22H18ClN5O5. The molecule has 0 bridgehead atoms. The molecule has 11 heteroatoms. The Morgan fingerprint density at radius 3 is 2.85 bits per heavy atom. The molecule has 4 aromatic rings. The second-order valence-corrected chi connectivity index (χ2v) is 7.50. The van der Waals surface area contributed by atoms with Gasteiger partial charge in [-0.05, 0) is 42.3 Å². The first-order chi connectivity index (χ1) is 15.9. The van der Waals surface area contributed by atoms with Gasteiger partial charge in [0.1, 0.15) is 18.7 Å². The topological polar surface area (TPSA) is 125 Å². The van der Waals surface area contributed by atoms with Gasteiger partial charge < -0.3 is 9.15 Å². The zero-order valence-electron chi connectivity index (χ0n) is 17.4. The monoisotopic (exact) mass is 467 g/mol. The van der Waals surface area contributed by atoms with Crippen molar-refractivity contribution >= 4 is 29.1 Å². The first-order valence-electron chi connectivity index (χ1n) is 9.80. The maximum absolute atomic E-state index is 12.5. The Labute approximate surface area is 192 Å². The molecule has 0 saturated carbocycles. The summed E-state index contributed by atoms with van der Waals surface area (Å²) in [5.41, 5.74) is 1.47. The normalized spacial score (nSPS) is 10.7. The molecule has 2 aromatic carbocycles. The van der Waals surface area contributed by atoms with Gasteiger partial charge in [0, 0.05) is 11.1 Å². The summed E-state index contributed by atoms with van der Waals surface area (Å²) in [7, 11) is 0. The smallest absolute Gasteiger partial charge is 0.311 e. The largest absolute Gasteiger partial charge is 0.479 e. The van der Waals surface area contributed by atoms with Gasteiger partial charge in [0.25, 0.3) is 5.91 Å². The minimum absolute atomic E-state index is 0.0226. The molecule has 0 atom stereocenters. The van der Waals surface area contributed by atoms with Crippen molar-refractivity contribution in [2.45, 2.75) is 20.1 Å². The third-order valence-corrected chi connectivity index (χ3v) is 4.99. The van der Waals surface area contributed by atoms with E-state index in [9.17, 15) is 14.9 Å². The second kappa shape index (κ2) is 9.53. The fourth-order valence-corrected chi connectivity index (χ4v) is 3.21. The molecule has 0 fully saturated rings. The number of nitrogens with one attached hydrogen (secondary N) is 1. The molecule has 168 valence electrons. The van der Waals surface area contributed by atoms with Gasteiger partial charge in [-0.15, -0.1) is 5.10 Å². The number of carbonyl (C=O) groups excluding carboxylic acids is 1. The Morgan fingerprint density at radius 2 is 2.06 bits per heavy atom. The molecule has 0 spiro atoms. The number of furan rings is 1. The van der Waals surface area contributed by atoms with Gasteiger partial charge in [0.15, 0.2) is 11.5 Å². The zero-order valence-corrected chi connectivity index (χ0v) is 18.2. The first kappa shape index (κ1) is 22.0. The zero-order chi connectivity index (χ0) is 23.4. The van der Waals surface area contributed by atoms with E-state index >= 15 is 0 Å². The predicted molar refractivity (Wildman–Crippen MR) is 119 cm³/mol. The van der Waals surface area contributed by atoms with Crippen LogP contribution in [0.1, 0.15) is 27.4 Å². The van der Waals surface area contributed by atoms with Gasteiger partial charge in [0.05, 0.1) is 11.5 Å². The number of nitro benzene ring substituents is 1. The Bertz CT molecular complexity index is 1320. The van der Waals surface area contributed by atoms with E-state index in [2.05, 4.69) is 15.4 Å². The van der Waals surface area contributed by atoms with Gasteiger partial charge >= 0.3 is 5.69 Å². The highest BCUT2D eigenvalue weighted by molar-refractivity contribution is 6.31. The number of nitro groups is 1. The summed E-state index contributed by atoms with van der Waals surface area (Å²) in [6.45, 7) is 2.07. The lowest BCUT2D eigenvalue weighted by atomic mass is 10.2. The predicted octanol–water partition coefficient (Wildman–Crippen LogP) is 4.62. The lowest BCUT2D eigenvalue weighted by Gasteiger charge is -2.05. The van der Waals surface area contributed by atoms with Crippen molar-refractivity contribution in [3.63, 3.8) is 0 Å². The van der Waals surface area contributed by atoms with Crippen LogP contribution in [0.4, 0.5) is 11.6 Å². The molecule has 0 aliphatic heterocycles. The Hall–Kier alpha value is -4.18. The molecule has 4 rings (SSSR count). The summed E-state index contributed by atoms with van der Waals surface area (Å²) < 4.78 is 12.6. The Morgan fingerprint density at radius 1 is 1.24 bits per heavy atom. The lowest BCUT2D eigenvalue weighted by Crippen LogP contribution is -2.12. The lowest BCUT2D eigenvalue weighted by molar-refractivity contribution is -0.386. The fourth-order valence-electron chi connectivity index (χ4n) is 3.01. The maximum atomic E-state index is 12.5. The highest BCUT2D eigenvalue weighted by Gasteiger charge is 2.17. The van der Waals surface area contributed by atoms with Crippen LogP contribution in [-0.4, -0.2) is 25.6 Å². The Balaban J connectivity index is 1.36. The van der Waals surface area contributed by atoms with Crippen molar-refractivity contribution in [3.05, 3.63) is 98.7 Å². The first-order valence-corrected chi connectivity index (χ1v) is 10.2. The van der Waals surface area contributed by atoms with Crippen LogP contribution in [0.2, 0.25) is 5.02 Å². The van der Waals surface area contributed by atoms with E-state index in [-0.39, 0.29) is 29.8 Å². The SMILES string of the molecule is Cc1ccc(OCc2ccc(C(=O)Nc3ncn(Cc4ccccc4Cl)n3)o2)c([N+](=O)[O-])c1. The molecule has 2 heterocycles. The number of aryl methyl sites for hydroxylation is 1. The number of hydrogen-bond acceptors (Lipinski definition) is 7. The molecule has 0 aliphatic carbocycles. The number of benzene rings is 2. The molecule has 10 nitrogen and oxygen atoms in total. The van der Waals surface area contributed by atoms with E-state index in [4.69, 9.17) is 20.8 Å². The van der Waals surface area contributed by atoms with Crippen molar-refractivity contribution in [2.75, 3.05) is 5.32 Å². The highest BCUT2D eigenvalue weighted by Crippen LogP contribution is 2.28. The van der Waals surface area contributed by atoms with E-state index in [1.54, 1.807) is 29.8 Å². The minimum Gasteiger partial charge on any atom is -0.479 e. The number of halogens is 1. The number of anilines is 1. The van der Waals surface area contributed by atoms with Crippen LogP contribution in [0.3, 0.4) is 0 Å². The summed E-state index contributed by atoms with van der Waals surface area (Å²) in [5, 5.41) is 18.6. The van der Waals surface area contributed by atoms with Crippen molar-refractivity contribution in [1.29, 1.82) is 0 Å². The van der Waals surface area contributed by atoms with E-state index in [0.29, 0.717) is 17.3 Å². The average molecular weight is 468 g/mol. The summed E-state index contributed by atoms with van der Waals surface area (Å²) in [4.78, 5) is 27.2. The van der Waals surface area contributed by atoms with Crippen LogP contribution in [-0.2, 0) is 13.2 Å². The number of carbonyl (C=O) groups is 1. The van der Waals surface area contributed by atoms with Gasteiger partial charge in [-0.3, -0.25) is 20.2 Å². The molecule has 0 unspecified atom stereocenters. The van der Waals surface area contributed by atoms with Crippen molar-refractivity contribution in [1.82, 2.24) is 14.8 Å². The van der Waals surface area contributed by atoms with Crippen LogP contribution in [0.15, 0.2) is 65.3 Å². The van der Waals surface area contributed by atoms with Crippen LogP contribution in [0.5, 0.6) is 5.75 Å². The molecule has 2 aromatic heterocycles. The van der Waals surface area contributed by atoms with Crippen LogP contribution in [0, 0.1) is 17.0 Å². The Kier molecular flexibility index (Phi) is 6.36. The fraction of sp³-hybridized carbons (Fsp3) is 0.136. The van der Waals surface area contributed by atoms with E-state index in [1.807, 2.05) is 18.2 Å². The molecule has 1 N–H and O–H groups in total. The number of hydrogen-bond donors (Lipinski definition) is 1. The third kappa shape index (κ3) is 5.36. The molecule has 0 radical (unpaired) electrons. The molecule has 0 aliphatic rings. The standard InChI is InChI=1S/C22H18ClN5O5/c1-14-6-8-19(18(10-14)28(30)31)32-12-16-7-9-20(33-16)21(29)25-22-24-13-27(26-22)11-15-4-2-3-5-17(15)23/h2-10,13H,11-12H2,1H3,(H,25,26,29). The number of ether oxygens (including phenoxy) is 1. The van der Waals surface area contributed by atoms with Gasteiger partial charge in [-0.2, -0.15) is 0 Å². The highest BCUT2D eigenvalue weighted by atomic mass is 35.5. The number of rotatable bonds is 8. The van der Waals surface area contributed by atoms with Crippen molar-refractivity contribution < 1.29 is 18.9 Å². The number of amides is 1. The van der Waals surface area contributed by atoms with E-state index in [0.717, 1.165) is 11.1 Å². The van der Waals surface area contributed by atoms with Gasteiger partial charge in [-0.25, -0.2) is 9.67 Å². The van der Waals surface area contributed by atoms with E-state index < -0.39 is 10.8 Å². The number of nitrogens with zero attached hydrogens (tertiary/aromatic N) is 4. The molecule has 1 amide bonds. The minimum atomic E-state index is -0.543. The molecular weight excluding hydrogens is 450 g/mol. The van der Waals surface area contributed by atoms with Crippen LogP contribution >= 0.6 is 11.6 Å². The molecule has 33 heavy (non-hydrogen) atoms.